The molecule has 0 aromatic heterocycles. The first-order valence-corrected chi connectivity index (χ1v) is 4.82. The third kappa shape index (κ3) is 3.26. The molecule has 106 valence electrons. The van der Waals surface area contributed by atoms with Crippen LogP contribution in [0.25, 0.3) is 0 Å². The number of nitrogens with zero attached hydrogens (tertiary/aromatic N) is 2. The van der Waals surface area contributed by atoms with Gasteiger partial charge < -0.3 is 5.11 Å². The molecule has 5 nitrogen and oxygen atoms in total. The monoisotopic (exact) mass is 285 g/mol. The maximum Gasteiger partial charge on any atom is 0.459 e. The summed E-state index contributed by atoms with van der Waals surface area (Å²) in [7, 11) is 0. The molecular weight excluding hydrogens is 277 g/mol. The van der Waals surface area contributed by atoms with Crippen LogP contribution in [0.2, 0.25) is 0 Å². The zero-order valence-electron chi connectivity index (χ0n) is 9.26. The van der Waals surface area contributed by atoms with Gasteiger partial charge in [-0.15, -0.1) is 0 Å². The highest BCUT2D eigenvalue weighted by Gasteiger charge is 2.61. The maximum atomic E-state index is 13.0. The number of carbonyl (C=O) groups is 1. The number of amidine groups is 1. The molecular formula is C9H8F5N3O2. The molecule has 0 radical (unpaired) electrons. The van der Waals surface area contributed by atoms with E-state index in [1.165, 1.54) is 0 Å². The Morgan fingerprint density at radius 1 is 1.32 bits per heavy atom. The molecule has 0 fully saturated rings. The first-order valence-electron chi connectivity index (χ1n) is 4.82. The zero-order chi connectivity index (χ0) is 14.8. The van der Waals surface area contributed by atoms with E-state index in [4.69, 9.17) is 5.11 Å². The Bertz CT molecular complexity index is 467. The standard InChI is InChI=1S/C9H8F5N3O2/c1-4(16-7(18)19)6-15-3-2-5(17-6)8(10,11)9(12,13)14/h16H,1-3H2,(H,18,19). The van der Waals surface area contributed by atoms with Crippen LogP contribution < -0.4 is 5.32 Å². The fourth-order valence-electron chi connectivity index (χ4n) is 1.23. The smallest absolute Gasteiger partial charge is 0.459 e. The van der Waals surface area contributed by atoms with Crippen LogP contribution in [0.15, 0.2) is 22.3 Å². The van der Waals surface area contributed by atoms with Crippen LogP contribution >= 0.6 is 0 Å². The average molecular weight is 285 g/mol. The number of aliphatic imine (C=N–C) groups is 2. The summed E-state index contributed by atoms with van der Waals surface area (Å²) < 4.78 is 62.5. The third-order valence-corrected chi connectivity index (χ3v) is 2.10. The fraction of sp³-hybridized carbons (Fsp3) is 0.444. The number of carboxylic acid groups (broad SMARTS) is 1. The minimum Gasteiger partial charge on any atom is -0.465 e. The summed E-state index contributed by atoms with van der Waals surface area (Å²) in [6.07, 6.45) is -8.00. The van der Waals surface area contributed by atoms with Crippen molar-refractivity contribution >= 4 is 17.6 Å². The SMILES string of the molecule is C=C(NC(=O)O)C1=NCCC(C(F)(F)C(F)(F)F)=N1. The van der Waals surface area contributed by atoms with Crippen molar-refractivity contribution in [1.29, 1.82) is 0 Å². The molecule has 0 spiro atoms. The predicted molar refractivity (Wildman–Crippen MR) is 55.7 cm³/mol. The number of alkyl halides is 5. The second-order valence-corrected chi connectivity index (χ2v) is 3.49. The van der Waals surface area contributed by atoms with Crippen molar-refractivity contribution in [3.8, 4) is 0 Å². The first kappa shape index (κ1) is 15.1. The van der Waals surface area contributed by atoms with E-state index in [-0.39, 0.29) is 6.54 Å². The summed E-state index contributed by atoms with van der Waals surface area (Å²) in [5, 5.41) is 10.0. The molecule has 0 aliphatic carbocycles. The van der Waals surface area contributed by atoms with Gasteiger partial charge in [0.05, 0.1) is 5.70 Å². The van der Waals surface area contributed by atoms with E-state index < -0.39 is 41.9 Å². The third-order valence-electron chi connectivity index (χ3n) is 2.10. The van der Waals surface area contributed by atoms with Crippen LogP contribution in [0.1, 0.15) is 6.42 Å². The van der Waals surface area contributed by atoms with E-state index in [2.05, 4.69) is 16.6 Å². The topological polar surface area (TPSA) is 74.0 Å². The Balaban J connectivity index is 3.01. The lowest BCUT2D eigenvalue weighted by molar-refractivity contribution is -0.249. The van der Waals surface area contributed by atoms with Gasteiger partial charge in [0.1, 0.15) is 5.71 Å². The van der Waals surface area contributed by atoms with Crippen molar-refractivity contribution < 1.29 is 31.9 Å². The van der Waals surface area contributed by atoms with Gasteiger partial charge in [0.2, 0.25) is 0 Å². The van der Waals surface area contributed by atoms with E-state index in [1.54, 1.807) is 5.32 Å². The Morgan fingerprint density at radius 3 is 2.37 bits per heavy atom. The number of hydrogen-bond acceptors (Lipinski definition) is 3. The van der Waals surface area contributed by atoms with Crippen LogP contribution in [-0.4, -0.2) is 41.4 Å². The minimum absolute atomic E-state index is 0.361. The van der Waals surface area contributed by atoms with Gasteiger partial charge in [-0.3, -0.25) is 10.3 Å². The lowest BCUT2D eigenvalue weighted by atomic mass is 10.1. The molecule has 1 amide bonds. The van der Waals surface area contributed by atoms with Crippen molar-refractivity contribution in [2.75, 3.05) is 6.54 Å². The number of rotatable bonds is 3. The van der Waals surface area contributed by atoms with Crippen LogP contribution in [0.3, 0.4) is 0 Å². The normalized spacial score (nSPS) is 16.5. The molecule has 10 heteroatoms. The van der Waals surface area contributed by atoms with Crippen molar-refractivity contribution in [3.63, 3.8) is 0 Å². The Labute approximate surface area is 103 Å². The largest absolute Gasteiger partial charge is 0.465 e. The zero-order valence-corrected chi connectivity index (χ0v) is 9.26. The summed E-state index contributed by atoms with van der Waals surface area (Å²) >= 11 is 0. The summed E-state index contributed by atoms with van der Waals surface area (Å²) in [6, 6.07) is 0. The Hall–Kier alpha value is -2.00. The van der Waals surface area contributed by atoms with Crippen molar-refractivity contribution in [1.82, 2.24) is 5.32 Å². The summed E-state index contributed by atoms with van der Waals surface area (Å²) in [4.78, 5) is 16.9. The average Bonchev–Trinajstić information content (AvgIpc) is 2.26. The predicted octanol–water partition coefficient (Wildman–Crippen LogP) is 2.21. The van der Waals surface area contributed by atoms with Crippen LogP contribution in [0, 0.1) is 0 Å². The van der Waals surface area contributed by atoms with Gasteiger partial charge in [-0.1, -0.05) is 6.58 Å². The summed E-state index contributed by atoms with van der Waals surface area (Å²) in [5.74, 6) is -5.68. The molecule has 0 unspecified atom stereocenters. The molecule has 1 aliphatic rings. The summed E-state index contributed by atoms with van der Waals surface area (Å²) in [6.45, 7) is 2.78. The maximum absolute atomic E-state index is 13.0. The van der Waals surface area contributed by atoms with Gasteiger partial charge in [0.15, 0.2) is 5.84 Å². The van der Waals surface area contributed by atoms with E-state index in [1.807, 2.05) is 0 Å². The van der Waals surface area contributed by atoms with E-state index in [0.29, 0.717) is 0 Å². The molecule has 19 heavy (non-hydrogen) atoms. The van der Waals surface area contributed by atoms with Gasteiger partial charge >= 0.3 is 18.2 Å². The molecule has 0 aromatic rings. The fourth-order valence-corrected chi connectivity index (χ4v) is 1.23. The van der Waals surface area contributed by atoms with Crippen molar-refractivity contribution in [3.05, 3.63) is 12.3 Å². The minimum atomic E-state index is -5.77. The first-order chi connectivity index (χ1) is 8.55. The van der Waals surface area contributed by atoms with Gasteiger partial charge in [-0.2, -0.15) is 22.0 Å². The Kier molecular flexibility index (Phi) is 3.91. The van der Waals surface area contributed by atoms with Crippen molar-refractivity contribution in [2.24, 2.45) is 9.98 Å². The molecule has 1 aliphatic heterocycles. The quantitative estimate of drug-likeness (QED) is 0.780. The number of hydrogen-bond donors (Lipinski definition) is 2. The van der Waals surface area contributed by atoms with E-state index in [9.17, 15) is 26.7 Å². The van der Waals surface area contributed by atoms with Crippen LogP contribution in [0.4, 0.5) is 26.7 Å². The number of nitrogens with one attached hydrogen (secondary N) is 1. The molecule has 0 saturated carbocycles. The molecule has 0 aromatic carbocycles. The Morgan fingerprint density at radius 2 is 1.89 bits per heavy atom. The highest BCUT2D eigenvalue weighted by molar-refractivity contribution is 6.10. The highest BCUT2D eigenvalue weighted by atomic mass is 19.4. The van der Waals surface area contributed by atoms with Crippen molar-refractivity contribution in [2.45, 2.75) is 18.5 Å². The second kappa shape index (κ2) is 4.94. The van der Waals surface area contributed by atoms with E-state index >= 15 is 0 Å². The number of halogens is 5. The molecule has 0 atom stereocenters. The van der Waals surface area contributed by atoms with E-state index in [0.717, 1.165) is 0 Å². The van der Waals surface area contributed by atoms with Gasteiger partial charge in [-0.05, 0) is 0 Å². The molecule has 2 N–H and O–H groups in total. The lowest BCUT2D eigenvalue weighted by Gasteiger charge is -2.23. The molecule has 0 bridgehead atoms. The van der Waals surface area contributed by atoms with Gasteiger partial charge in [0.25, 0.3) is 0 Å². The lowest BCUT2D eigenvalue weighted by Crippen LogP contribution is -2.45. The molecule has 1 heterocycles. The van der Waals surface area contributed by atoms with Crippen LogP contribution in [0.5, 0.6) is 0 Å². The molecule has 1 rings (SSSR count). The molecule has 0 saturated heterocycles. The highest BCUT2D eigenvalue weighted by Crippen LogP contribution is 2.38. The van der Waals surface area contributed by atoms with Gasteiger partial charge in [0, 0.05) is 13.0 Å². The summed E-state index contributed by atoms with van der Waals surface area (Å²) in [5.41, 5.74) is -1.89. The van der Waals surface area contributed by atoms with Crippen LogP contribution in [-0.2, 0) is 0 Å². The number of amides is 1. The second-order valence-electron chi connectivity index (χ2n) is 3.49. The van der Waals surface area contributed by atoms with Gasteiger partial charge in [-0.25, -0.2) is 9.79 Å².